The summed E-state index contributed by atoms with van der Waals surface area (Å²) >= 11 is 3.39. The van der Waals surface area contributed by atoms with Gasteiger partial charge in [-0.25, -0.2) is 4.39 Å². The second kappa shape index (κ2) is 7.04. The molecule has 112 valence electrons. The molecule has 0 saturated heterocycles. The van der Waals surface area contributed by atoms with Gasteiger partial charge in [0.1, 0.15) is 5.82 Å². The van der Waals surface area contributed by atoms with E-state index in [2.05, 4.69) is 35.1 Å². The normalized spacial score (nSPS) is 19.8. The van der Waals surface area contributed by atoms with E-state index in [-0.39, 0.29) is 5.82 Å². The maximum absolute atomic E-state index is 13.6. The Bertz CT molecular complexity index is 420. The van der Waals surface area contributed by atoms with Crippen molar-refractivity contribution in [3.8, 4) is 0 Å². The molecule has 0 aromatic heterocycles. The highest BCUT2D eigenvalue weighted by Crippen LogP contribution is 2.40. The molecule has 1 aliphatic carbocycles. The van der Waals surface area contributed by atoms with E-state index in [0.717, 1.165) is 23.0 Å². The summed E-state index contributed by atoms with van der Waals surface area (Å²) in [5, 5.41) is 3.64. The van der Waals surface area contributed by atoms with Crippen molar-refractivity contribution in [1.82, 2.24) is 5.32 Å². The van der Waals surface area contributed by atoms with Crippen LogP contribution in [0.25, 0.3) is 0 Å². The number of benzene rings is 1. The highest BCUT2D eigenvalue weighted by molar-refractivity contribution is 9.10. The largest absolute Gasteiger partial charge is 0.313 e. The first-order valence-electron chi connectivity index (χ1n) is 7.72. The molecule has 1 fully saturated rings. The fourth-order valence-corrected chi connectivity index (χ4v) is 4.00. The smallest absolute Gasteiger partial charge is 0.124 e. The third-order valence-electron chi connectivity index (χ3n) is 4.65. The maximum Gasteiger partial charge on any atom is 0.124 e. The van der Waals surface area contributed by atoms with Gasteiger partial charge in [0.25, 0.3) is 0 Å². The van der Waals surface area contributed by atoms with Crippen molar-refractivity contribution < 1.29 is 4.39 Å². The molecule has 0 amide bonds. The molecule has 0 heterocycles. The quantitative estimate of drug-likeness (QED) is 0.787. The Balaban J connectivity index is 2.15. The van der Waals surface area contributed by atoms with Crippen LogP contribution in [0.5, 0.6) is 0 Å². The number of halogens is 2. The summed E-state index contributed by atoms with van der Waals surface area (Å²) in [5.74, 6) is -0.154. The van der Waals surface area contributed by atoms with Gasteiger partial charge < -0.3 is 5.32 Å². The molecule has 1 aromatic rings. The average Bonchev–Trinajstić information content (AvgIpc) is 2.38. The molecular formula is C17H25BrFN. The van der Waals surface area contributed by atoms with Gasteiger partial charge >= 0.3 is 0 Å². The summed E-state index contributed by atoms with van der Waals surface area (Å²) < 4.78 is 14.4. The standard InChI is InChI=1S/C17H25BrFN/c1-3-20-16(17(2)7-5-4-6-8-17)11-13-9-14(18)12-15(19)10-13/h9-10,12,16,20H,3-8,11H2,1-2H3. The summed E-state index contributed by atoms with van der Waals surface area (Å²) in [4.78, 5) is 0. The van der Waals surface area contributed by atoms with Crippen molar-refractivity contribution in [2.45, 2.75) is 58.4 Å². The first-order valence-corrected chi connectivity index (χ1v) is 8.51. The Hall–Kier alpha value is -0.410. The lowest BCUT2D eigenvalue weighted by atomic mass is 9.69. The maximum atomic E-state index is 13.6. The number of hydrogen-bond donors (Lipinski definition) is 1. The van der Waals surface area contributed by atoms with Gasteiger partial charge in [-0.2, -0.15) is 0 Å². The van der Waals surface area contributed by atoms with E-state index >= 15 is 0 Å². The zero-order valence-electron chi connectivity index (χ0n) is 12.5. The SMILES string of the molecule is CCNC(Cc1cc(F)cc(Br)c1)C1(C)CCCCC1. The Kier molecular flexibility index (Phi) is 5.62. The van der Waals surface area contributed by atoms with Crippen LogP contribution in [0, 0.1) is 11.2 Å². The third kappa shape index (κ3) is 4.05. The molecule has 0 bridgehead atoms. The molecule has 1 N–H and O–H groups in total. The van der Waals surface area contributed by atoms with Gasteiger partial charge in [0.15, 0.2) is 0 Å². The second-order valence-electron chi connectivity index (χ2n) is 6.31. The van der Waals surface area contributed by atoms with Crippen LogP contribution in [0.2, 0.25) is 0 Å². The lowest BCUT2D eigenvalue weighted by molar-refractivity contribution is 0.145. The van der Waals surface area contributed by atoms with Gasteiger partial charge in [-0.05, 0) is 55.0 Å². The number of rotatable bonds is 5. The number of nitrogens with one attached hydrogen (secondary N) is 1. The van der Waals surface area contributed by atoms with Crippen LogP contribution in [-0.4, -0.2) is 12.6 Å². The molecule has 1 aromatic carbocycles. The predicted molar refractivity (Wildman–Crippen MR) is 86.5 cm³/mol. The minimum absolute atomic E-state index is 0.154. The monoisotopic (exact) mass is 341 g/mol. The predicted octanol–water partition coefficient (Wildman–Crippen LogP) is 5.08. The van der Waals surface area contributed by atoms with Crippen molar-refractivity contribution in [2.24, 2.45) is 5.41 Å². The molecule has 1 unspecified atom stereocenters. The molecule has 0 spiro atoms. The molecule has 1 aliphatic rings. The first kappa shape index (κ1) is 16.0. The van der Waals surface area contributed by atoms with Crippen LogP contribution in [0.4, 0.5) is 4.39 Å². The van der Waals surface area contributed by atoms with Crippen LogP contribution in [-0.2, 0) is 6.42 Å². The summed E-state index contributed by atoms with van der Waals surface area (Å²) in [7, 11) is 0. The summed E-state index contributed by atoms with van der Waals surface area (Å²) in [6.45, 7) is 5.52. The van der Waals surface area contributed by atoms with E-state index in [1.807, 2.05) is 6.07 Å². The lowest BCUT2D eigenvalue weighted by Gasteiger charge is -2.41. The van der Waals surface area contributed by atoms with Crippen LogP contribution >= 0.6 is 15.9 Å². The fraction of sp³-hybridized carbons (Fsp3) is 0.647. The van der Waals surface area contributed by atoms with Gasteiger partial charge in [-0.1, -0.05) is 49.0 Å². The van der Waals surface area contributed by atoms with Crippen LogP contribution in [0.15, 0.2) is 22.7 Å². The molecule has 0 aliphatic heterocycles. The highest BCUT2D eigenvalue weighted by Gasteiger charge is 2.34. The van der Waals surface area contributed by atoms with Gasteiger partial charge in [-0.3, -0.25) is 0 Å². The Morgan fingerprint density at radius 3 is 2.55 bits per heavy atom. The molecule has 3 heteroatoms. The van der Waals surface area contributed by atoms with Gasteiger partial charge in [0.05, 0.1) is 0 Å². The summed E-state index contributed by atoms with van der Waals surface area (Å²) in [6, 6.07) is 5.66. The minimum atomic E-state index is -0.154. The van der Waals surface area contributed by atoms with Crippen molar-refractivity contribution in [3.63, 3.8) is 0 Å². The van der Waals surface area contributed by atoms with Crippen molar-refractivity contribution >= 4 is 15.9 Å². The summed E-state index contributed by atoms with van der Waals surface area (Å²) in [5.41, 5.74) is 1.42. The fourth-order valence-electron chi connectivity index (χ4n) is 3.48. The van der Waals surface area contributed by atoms with E-state index in [0.29, 0.717) is 11.5 Å². The van der Waals surface area contributed by atoms with E-state index in [4.69, 9.17) is 0 Å². The van der Waals surface area contributed by atoms with Gasteiger partial charge in [0, 0.05) is 10.5 Å². The Labute approximate surface area is 130 Å². The zero-order chi connectivity index (χ0) is 14.6. The number of hydrogen-bond acceptors (Lipinski definition) is 1. The molecule has 20 heavy (non-hydrogen) atoms. The molecule has 2 rings (SSSR count). The lowest BCUT2D eigenvalue weighted by Crippen LogP contribution is -2.46. The van der Waals surface area contributed by atoms with Crippen molar-refractivity contribution in [2.75, 3.05) is 6.54 Å². The highest BCUT2D eigenvalue weighted by atomic mass is 79.9. The molecule has 0 radical (unpaired) electrons. The third-order valence-corrected chi connectivity index (χ3v) is 5.11. The second-order valence-corrected chi connectivity index (χ2v) is 7.22. The first-order chi connectivity index (χ1) is 9.53. The molecule has 1 saturated carbocycles. The molecule has 1 nitrogen and oxygen atoms in total. The summed E-state index contributed by atoms with van der Waals surface area (Å²) in [6.07, 6.45) is 7.47. The van der Waals surface area contributed by atoms with Crippen LogP contribution in [0.3, 0.4) is 0 Å². The van der Waals surface area contributed by atoms with Gasteiger partial charge in [-0.15, -0.1) is 0 Å². The van der Waals surface area contributed by atoms with Crippen molar-refractivity contribution in [3.05, 3.63) is 34.1 Å². The number of likely N-dealkylation sites (N-methyl/N-ethyl adjacent to an activating group) is 1. The average molecular weight is 342 g/mol. The van der Waals surface area contributed by atoms with E-state index in [1.165, 1.54) is 38.2 Å². The minimum Gasteiger partial charge on any atom is -0.313 e. The Morgan fingerprint density at radius 1 is 1.25 bits per heavy atom. The van der Waals surface area contributed by atoms with E-state index < -0.39 is 0 Å². The Morgan fingerprint density at radius 2 is 1.95 bits per heavy atom. The molecule has 1 atom stereocenters. The van der Waals surface area contributed by atoms with E-state index in [9.17, 15) is 4.39 Å². The van der Waals surface area contributed by atoms with Crippen LogP contribution < -0.4 is 5.32 Å². The van der Waals surface area contributed by atoms with Gasteiger partial charge in [0.2, 0.25) is 0 Å². The van der Waals surface area contributed by atoms with Crippen molar-refractivity contribution in [1.29, 1.82) is 0 Å². The molecular weight excluding hydrogens is 317 g/mol. The topological polar surface area (TPSA) is 12.0 Å². The zero-order valence-corrected chi connectivity index (χ0v) is 14.1. The van der Waals surface area contributed by atoms with E-state index in [1.54, 1.807) is 6.07 Å². The van der Waals surface area contributed by atoms with Crippen LogP contribution in [0.1, 0.15) is 51.5 Å².